The SMILES string of the molecule is C=CCc1cc(/C=C2\SC(=O)N(C)C2=O)cc(OC)c1OCc1cccc([N+](=O)[O-])c1. The lowest BCUT2D eigenvalue weighted by Crippen LogP contribution is -2.22. The van der Waals surface area contributed by atoms with Gasteiger partial charge in [-0.25, -0.2) is 0 Å². The van der Waals surface area contributed by atoms with Gasteiger partial charge in [0.15, 0.2) is 11.5 Å². The maximum Gasteiger partial charge on any atom is 0.293 e. The molecule has 0 atom stereocenters. The first-order valence-electron chi connectivity index (χ1n) is 9.23. The van der Waals surface area contributed by atoms with Gasteiger partial charge in [-0.2, -0.15) is 0 Å². The average molecular weight is 440 g/mol. The molecule has 9 heteroatoms. The first-order chi connectivity index (χ1) is 14.8. The maximum absolute atomic E-state index is 12.2. The van der Waals surface area contributed by atoms with E-state index in [2.05, 4.69) is 6.58 Å². The van der Waals surface area contributed by atoms with Gasteiger partial charge in [0.05, 0.1) is 16.9 Å². The third-order valence-electron chi connectivity index (χ3n) is 4.53. The van der Waals surface area contributed by atoms with E-state index in [1.54, 1.807) is 30.4 Å². The highest BCUT2D eigenvalue weighted by molar-refractivity contribution is 8.18. The van der Waals surface area contributed by atoms with Gasteiger partial charge < -0.3 is 9.47 Å². The van der Waals surface area contributed by atoms with Gasteiger partial charge in [0.25, 0.3) is 16.8 Å². The van der Waals surface area contributed by atoms with Gasteiger partial charge in [0.2, 0.25) is 0 Å². The van der Waals surface area contributed by atoms with Crippen LogP contribution in [0.5, 0.6) is 11.5 Å². The van der Waals surface area contributed by atoms with Crippen molar-refractivity contribution >= 4 is 34.7 Å². The molecular formula is C22H20N2O6S. The van der Waals surface area contributed by atoms with Crippen LogP contribution in [0.25, 0.3) is 6.08 Å². The summed E-state index contributed by atoms with van der Waals surface area (Å²) in [4.78, 5) is 35.8. The molecule has 2 aromatic carbocycles. The van der Waals surface area contributed by atoms with Gasteiger partial charge in [0, 0.05) is 24.7 Å². The summed E-state index contributed by atoms with van der Waals surface area (Å²) in [5.41, 5.74) is 2.07. The van der Waals surface area contributed by atoms with Gasteiger partial charge in [0.1, 0.15) is 6.61 Å². The van der Waals surface area contributed by atoms with Crippen LogP contribution >= 0.6 is 11.8 Å². The number of hydrogen-bond acceptors (Lipinski definition) is 7. The minimum Gasteiger partial charge on any atom is -0.493 e. The number of nitro benzene ring substituents is 1. The molecule has 0 saturated carbocycles. The molecule has 1 aliphatic heterocycles. The lowest BCUT2D eigenvalue weighted by atomic mass is 10.0. The number of rotatable bonds is 8. The highest BCUT2D eigenvalue weighted by Gasteiger charge is 2.31. The van der Waals surface area contributed by atoms with E-state index in [0.29, 0.717) is 34.0 Å². The monoisotopic (exact) mass is 440 g/mol. The highest BCUT2D eigenvalue weighted by atomic mass is 32.2. The van der Waals surface area contributed by atoms with Crippen molar-refractivity contribution < 1.29 is 24.0 Å². The van der Waals surface area contributed by atoms with E-state index in [0.717, 1.165) is 22.2 Å². The number of carbonyl (C=O) groups excluding carboxylic acids is 2. The predicted molar refractivity (Wildman–Crippen MR) is 118 cm³/mol. The third kappa shape index (κ3) is 4.95. The molecule has 3 rings (SSSR count). The Balaban J connectivity index is 1.92. The Morgan fingerprint density at radius 3 is 2.65 bits per heavy atom. The summed E-state index contributed by atoms with van der Waals surface area (Å²) < 4.78 is 11.5. The number of nitro groups is 1. The molecule has 0 radical (unpaired) electrons. The van der Waals surface area contributed by atoms with E-state index < -0.39 is 4.92 Å². The summed E-state index contributed by atoms with van der Waals surface area (Å²) in [6, 6.07) is 9.75. The molecule has 2 aromatic rings. The van der Waals surface area contributed by atoms with Gasteiger partial charge in [-0.05, 0) is 47.5 Å². The molecule has 1 heterocycles. The van der Waals surface area contributed by atoms with Crippen LogP contribution in [0.3, 0.4) is 0 Å². The van der Waals surface area contributed by atoms with Gasteiger partial charge in [-0.1, -0.05) is 18.2 Å². The van der Waals surface area contributed by atoms with E-state index in [1.807, 2.05) is 6.07 Å². The number of imide groups is 1. The lowest BCUT2D eigenvalue weighted by Gasteiger charge is -2.16. The standard InChI is InChI=1S/C22H20N2O6S/c1-4-6-16-9-15(12-19-21(25)23(2)22(26)31-19)11-18(29-3)20(16)30-13-14-7-5-8-17(10-14)24(27)28/h4-5,7-12H,1,6,13H2,2-3H3/b19-12-. The van der Waals surface area contributed by atoms with E-state index >= 15 is 0 Å². The number of hydrogen-bond donors (Lipinski definition) is 0. The minimum absolute atomic E-state index is 0.0143. The Morgan fingerprint density at radius 1 is 1.26 bits per heavy atom. The van der Waals surface area contributed by atoms with E-state index in [9.17, 15) is 19.7 Å². The zero-order chi connectivity index (χ0) is 22.5. The van der Waals surface area contributed by atoms with Crippen LogP contribution in [0, 0.1) is 10.1 Å². The highest BCUT2D eigenvalue weighted by Crippen LogP contribution is 2.37. The second-order valence-electron chi connectivity index (χ2n) is 6.66. The Kier molecular flexibility index (Phi) is 6.76. The number of amides is 2. The number of thioether (sulfide) groups is 1. The van der Waals surface area contributed by atoms with Crippen LogP contribution in [0.4, 0.5) is 10.5 Å². The van der Waals surface area contributed by atoms with Crippen LogP contribution in [0.2, 0.25) is 0 Å². The van der Waals surface area contributed by atoms with E-state index in [1.165, 1.54) is 26.3 Å². The molecule has 8 nitrogen and oxygen atoms in total. The number of methoxy groups -OCH3 is 1. The van der Waals surface area contributed by atoms with Crippen LogP contribution in [0.1, 0.15) is 16.7 Å². The van der Waals surface area contributed by atoms with Crippen molar-refractivity contribution in [2.24, 2.45) is 0 Å². The Hall–Kier alpha value is -3.59. The van der Waals surface area contributed by atoms with Crippen LogP contribution < -0.4 is 9.47 Å². The molecule has 0 aromatic heterocycles. The van der Waals surface area contributed by atoms with E-state index in [-0.39, 0.29) is 23.4 Å². The molecule has 0 unspecified atom stereocenters. The maximum atomic E-state index is 12.2. The van der Waals surface area contributed by atoms with E-state index in [4.69, 9.17) is 9.47 Å². The van der Waals surface area contributed by atoms with Crippen molar-refractivity contribution in [1.82, 2.24) is 4.90 Å². The van der Waals surface area contributed by atoms with Crippen LogP contribution in [0.15, 0.2) is 54.0 Å². The van der Waals surface area contributed by atoms with Gasteiger partial charge in [-0.3, -0.25) is 24.6 Å². The molecule has 0 spiro atoms. The first kappa shape index (κ1) is 22.1. The Labute approximate surface area is 183 Å². The molecule has 160 valence electrons. The molecule has 0 N–H and O–H groups in total. The summed E-state index contributed by atoms with van der Waals surface area (Å²) in [6.45, 7) is 3.88. The summed E-state index contributed by atoms with van der Waals surface area (Å²) in [5, 5.41) is 10.7. The second-order valence-corrected chi connectivity index (χ2v) is 7.65. The zero-order valence-electron chi connectivity index (χ0n) is 17.0. The minimum atomic E-state index is -0.458. The third-order valence-corrected chi connectivity index (χ3v) is 5.49. The molecule has 1 aliphatic rings. The zero-order valence-corrected chi connectivity index (χ0v) is 17.8. The Bertz CT molecular complexity index is 1100. The number of ether oxygens (including phenoxy) is 2. The summed E-state index contributed by atoms with van der Waals surface area (Å²) in [7, 11) is 2.93. The number of carbonyl (C=O) groups is 2. The van der Waals surface area contributed by atoms with Crippen molar-refractivity contribution in [2.45, 2.75) is 13.0 Å². The second kappa shape index (κ2) is 9.48. The van der Waals surface area contributed by atoms with Crippen molar-refractivity contribution in [3.8, 4) is 11.5 Å². The van der Waals surface area contributed by atoms with Gasteiger partial charge in [-0.15, -0.1) is 6.58 Å². The summed E-state index contributed by atoms with van der Waals surface area (Å²) in [6.07, 6.45) is 3.81. The molecule has 0 aliphatic carbocycles. The predicted octanol–water partition coefficient (Wildman–Crippen LogP) is 4.58. The van der Waals surface area contributed by atoms with Crippen molar-refractivity contribution in [2.75, 3.05) is 14.2 Å². The number of nitrogens with zero attached hydrogens (tertiary/aromatic N) is 2. The number of allylic oxidation sites excluding steroid dienone is 1. The fourth-order valence-electron chi connectivity index (χ4n) is 3.00. The fourth-order valence-corrected chi connectivity index (χ4v) is 3.83. The molecular weight excluding hydrogens is 420 g/mol. The first-order valence-corrected chi connectivity index (χ1v) is 10.0. The Morgan fingerprint density at radius 2 is 2.03 bits per heavy atom. The largest absolute Gasteiger partial charge is 0.493 e. The smallest absolute Gasteiger partial charge is 0.293 e. The molecule has 1 saturated heterocycles. The number of non-ortho nitro benzene ring substituents is 1. The normalized spacial score (nSPS) is 14.8. The molecule has 31 heavy (non-hydrogen) atoms. The molecule has 2 amide bonds. The van der Waals surface area contributed by atoms with Crippen molar-refractivity contribution in [3.05, 3.63) is 80.8 Å². The molecule has 1 fully saturated rings. The lowest BCUT2D eigenvalue weighted by molar-refractivity contribution is -0.384. The summed E-state index contributed by atoms with van der Waals surface area (Å²) in [5.74, 6) is 0.562. The van der Waals surface area contributed by atoms with Crippen molar-refractivity contribution in [1.29, 1.82) is 0 Å². The average Bonchev–Trinajstić information content (AvgIpc) is 2.99. The number of benzene rings is 2. The molecule has 0 bridgehead atoms. The summed E-state index contributed by atoms with van der Waals surface area (Å²) >= 11 is 0.876. The topological polar surface area (TPSA) is 99.0 Å². The quantitative estimate of drug-likeness (QED) is 0.256. The van der Waals surface area contributed by atoms with Crippen LogP contribution in [-0.4, -0.2) is 35.1 Å². The fraction of sp³-hybridized carbons (Fsp3) is 0.182. The number of likely N-dealkylation sites (N-methyl/N-ethyl adjacent to an activating group) is 1. The van der Waals surface area contributed by atoms with Crippen LogP contribution in [-0.2, 0) is 17.8 Å². The van der Waals surface area contributed by atoms with Gasteiger partial charge >= 0.3 is 0 Å². The van der Waals surface area contributed by atoms with Crippen molar-refractivity contribution in [3.63, 3.8) is 0 Å².